The molecule has 2 aliphatic rings. The normalized spacial score (nSPS) is 37.1. The fraction of sp³-hybridized carbons (Fsp3) is 0.571. The predicted molar refractivity (Wildman–Crippen MR) is 66.7 cm³/mol. The molecule has 2 heterocycles. The maximum atomic E-state index is 10.2. The molecule has 0 aromatic heterocycles. The van der Waals surface area contributed by atoms with Gasteiger partial charge in [0.25, 0.3) is 0 Å². The van der Waals surface area contributed by atoms with Crippen molar-refractivity contribution in [3.05, 3.63) is 29.8 Å². The van der Waals surface area contributed by atoms with Crippen LogP contribution >= 0.6 is 0 Å². The Kier molecular flexibility index (Phi) is 3.22. The molecular formula is C14H18O5. The predicted octanol–water partition coefficient (Wildman–Crippen LogP) is 0.211. The highest BCUT2D eigenvalue weighted by Gasteiger charge is 2.54. The number of fused-ring (bicyclic) bond motifs is 1. The standard InChI is InChI=1S/C14H18O5/c15-6-5-10-7-11(16)13(17)14(18-10)8-9-3-1-2-4-12(9)19-14/h1-4,10-11,13,15-17H,5-8H2/t10?,11?,13?,14-/m1/s1. The number of ether oxygens (including phenoxy) is 2. The zero-order valence-electron chi connectivity index (χ0n) is 10.5. The number of hydrogen-bond donors (Lipinski definition) is 3. The van der Waals surface area contributed by atoms with Crippen molar-refractivity contribution in [3.63, 3.8) is 0 Å². The van der Waals surface area contributed by atoms with Gasteiger partial charge in [-0.25, -0.2) is 0 Å². The third-order valence-electron chi connectivity index (χ3n) is 3.83. The Morgan fingerprint density at radius 2 is 2.05 bits per heavy atom. The van der Waals surface area contributed by atoms with E-state index in [9.17, 15) is 10.2 Å². The fourth-order valence-electron chi connectivity index (χ4n) is 2.88. The van der Waals surface area contributed by atoms with Crippen LogP contribution < -0.4 is 4.74 Å². The van der Waals surface area contributed by atoms with E-state index in [0.717, 1.165) is 5.56 Å². The van der Waals surface area contributed by atoms with Crippen LogP contribution in [0.15, 0.2) is 24.3 Å². The van der Waals surface area contributed by atoms with Gasteiger partial charge in [0, 0.05) is 25.0 Å². The van der Waals surface area contributed by atoms with Crippen LogP contribution in [0.1, 0.15) is 18.4 Å². The van der Waals surface area contributed by atoms with Gasteiger partial charge in [-0.1, -0.05) is 18.2 Å². The van der Waals surface area contributed by atoms with Crippen LogP contribution in [0.5, 0.6) is 5.75 Å². The molecular weight excluding hydrogens is 248 g/mol. The van der Waals surface area contributed by atoms with E-state index in [4.69, 9.17) is 14.6 Å². The fourth-order valence-corrected chi connectivity index (χ4v) is 2.88. The Bertz CT molecular complexity index is 436. The first kappa shape index (κ1) is 12.9. The van der Waals surface area contributed by atoms with E-state index in [1.165, 1.54) is 0 Å². The lowest BCUT2D eigenvalue weighted by molar-refractivity contribution is -0.301. The highest BCUT2D eigenvalue weighted by molar-refractivity contribution is 5.39. The van der Waals surface area contributed by atoms with Crippen molar-refractivity contribution < 1.29 is 24.8 Å². The average molecular weight is 266 g/mol. The summed E-state index contributed by atoms with van der Waals surface area (Å²) in [6, 6.07) is 7.50. The molecule has 1 aromatic rings. The number of aliphatic hydroxyl groups excluding tert-OH is 3. The number of hydrogen-bond acceptors (Lipinski definition) is 5. The summed E-state index contributed by atoms with van der Waals surface area (Å²) in [6.07, 6.45) is -1.16. The molecule has 4 atom stereocenters. The number of para-hydroxylation sites is 1. The molecule has 19 heavy (non-hydrogen) atoms. The van der Waals surface area contributed by atoms with Crippen molar-refractivity contribution in [1.82, 2.24) is 0 Å². The van der Waals surface area contributed by atoms with Crippen molar-refractivity contribution in [2.45, 2.75) is 43.4 Å². The molecule has 1 spiro atoms. The Morgan fingerprint density at radius 3 is 2.79 bits per heavy atom. The van der Waals surface area contributed by atoms with Crippen LogP contribution in [0, 0.1) is 0 Å². The lowest BCUT2D eigenvalue weighted by atomic mass is 9.91. The molecule has 0 amide bonds. The topological polar surface area (TPSA) is 79.2 Å². The third-order valence-corrected chi connectivity index (χ3v) is 3.83. The molecule has 1 aromatic carbocycles. The van der Waals surface area contributed by atoms with E-state index in [1.54, 1.807) is 0 Å². The first-order valence-electron chi connectivity index (χ1n) is 6.56. The smallest absolute Gasteiger partial charge is 0.243 e. The summed E-state index contributed by atoms with van der Waals surface area (Å²) in [5.74, 6) is -0.542. The highest BCUT2D eigenvalue weighted by atomic mass is 16.7. The summed E-state index contributed by atoms with van der Waals surface area (Å²) < 4.78 is 11.6. The van der Waals surface area contributed by atoms with Gasteiger partial charge in [0.2, 0.25) is 5.79 Å². The summed E-state index contributed by atoms with van der Waals surface area (Å²) in [5, 5.41) is 29.2. The van der Waals surface area contributed by atoms with Gasteiger partial charge in [0.1, 0.15) is 11.9 Å². The van der Waals surface area contributed by atoms with E-state index in [0.29, 0.717) is 25.0 Å². The van der Waals surface area contributed by atoms with Crippen LogP contribution in [-0.2, 0) is 11.2 Å². The minimum atomic E-state index is -1.22. The molecule has 3 unspecified atom stereocenters. The van der Waals surface area contributed by atoms with Gasteiger partial charge in [0.05, 0.1) is 12.2 Å². The molecule has 0 radical (unpaired) electrons. The number of rotatable bonds is 2. The van der Waals surface area contributed by atoms with E-state index in [-0.39, 0.29) is 12.7 Å². The second-order valence-electron chi connectivity index (χ2n) is 5.20. The first-order valence-corrected chi connectivity index (χ1v) is 6.56. The molecule has 5 nitrogen and oxygen atoms in total. The molecule has 0 saturated carbocycles. The second-order valence-corrected chi connectivity index (χ2v) is 5.20. The Labute approximate surface area is 111 Å². The molecule has 104 valence electrons. The van der Waals surface area contributed by atoms with Gasteiger partial charge in [-0.2, -0.15) is 0 Å². The largest absolute Gasteiger partial charge is 0.459 e. The van der Waals surface area contributed by atoms with Crippen LogP contribution in [0.4, 0.5) is 0 Å². The minimum absolute atomic E-state index is 0.0174. The lowest BCUT2D eigenvalue weighted by Crippen LogP contribution is -2.60. The van der Waals surface area contributed by atoms with Crippen molar-refractivity contribution in [3.8, 4) is 5.75 Å². The summed E-state index contributed by atoms with van der Waals surface area (Å²) >= 11 is 0. The van der Waals surface area contributed by atoms with E-state index in [1.807, 2.05) is 24.3 Å². The van der Waals surface area contributed by atoms with Gasteiger partial charge in [-0.05, 0) is 12.5 Å². The SMILES string of the molecule is OCCC1CC(O)C(O)[C@]2(Cc3ccccc3O2)O1. The summed E-state index contributed by atoms with van der Waals surface area (Å²) in [6.45, 7) is -0.0174. The van der Waals surface area contributed by atoms with E-state index >= 15 is 0 Å². The average Bonchev–Trinajstić information content (AvgIpc) is 2.75. The molecule has 1 saturated heterocycles. The highest BCUT2D eigenvalue weighted by Crippen LogP contribution is 2.42. The van der Waals surface area contributed by atoms with Gasteiger partial charge >= 0.3 is 0 Å². The van der Waals surface area contributed by atoms with Crippen molar-refractivity contribution >= 4 is 0 Å². The maximum absolute atomic E-state index is 10.2. The zero-order chi connectivity index (χ0) is 13.5. The lowest BCUT2D eigenvalue weighted by Gasteiger charge is -2.43. The Hall–Kier alpha value is -1.14. The van der Waals surface area contributed by atoms with Crippen LogP contribution in [0.3, 0.4) is 0 Å². The summed E-state index contributed by atoms with van der Waals surface area (Å²) in [5.41, 5.74) is 0.957. The molecule has 3 rings (SSSR count). The molecule has 2 aliphatic heterocycles. The Balaban J connectivity index is 1.87. The van der Waals surface area contributed by atoms with E-state index in [2.05, 4.69) is 0 Å². The van der Waals surface area contributed by atoms with Crippen molar-refractivity contribution in [2.75, 3.05) is 6.61 Å². The molecule has 0 bridgehead atoms. The maximum Gasteiger partial charge on any atom is 0.243 e. The van der Waals surface area contributed by atoms with E-state index < -0.39 is 18.0 Å². The van der Waals surface area contributed by atoms with Gasteiger partial charge in [0.15, 0.2) is 0 Å². The first-order chi connectivity index (χ1) is 9.14. The van der Waals surface area contributed by atoms with Crippen LogP contribution in [0.25, 0.3) is 0 Å². The minimum Gasteiger partial charge on any atom is -0.459 e. The van der Waals surface area contributed by atoms with Gasteiger partial charge < -0.3 is 24.8 Å². The zero-order valence-corrected chi connectivity index (χ0v) is 10.5. The number of aliphatic hydroxyl groups is 3. The van der Waals surface area contributed by atoms with Gasteiger partial charge in [-0.15, -0.1) is 0 Å². The van der Waals surface area contributed by atoms with Crippen molar-refractivity contribution in [1.29, 1.82) is 0 Å². The van der Waals surface area contributed by atoms with Crippen LogP contribution in [-0.4, -0.2) is 46.0 Å². The quantitative estimate of drug-likeness (QED) is 0.713. The van der Waals surface area contributed by atoms with Crippen LogP contribution in [0.2, 0.25) is 0 Å². The van der Waals surface area contributed by atoms with Crippen molar-refractivity contribution in [2.24, 2.45) is 0 Å². The molecule has 5 heteroatoms. The second kappa shape index (κ2) is 4.76. The summed E-state index contributed by atoms with van der Waals surface area (Å²) in [4.78, 5) is 0. The molecule has 0 aliphatic carbocycles. The monoisotopic (exact) mass is 266 g/mol. The summed E-state index contributed by atoms with van der Waals surface area (Å²) in [7, 11) is 0. The number of benzene rings is 1. The molecule has 1 fully saturated rings. The Morgan fingerprint density at radius 1 is 1.26 bits per heavy atom. The third kappa shape index (κ3) is 2.12. The van der Waals surface area contributed by atoms with Gasteiger partial charge in [-0.3, -0.25) is 0 Å². The molecule has 3 N–H and O–H groups in total.